The summed E-state index contributed by atoms with van der Waals surface area (Å²) < 4.78 is 14.4. The Morgan fingerprint density at radius 2 is 0.815 bits per heavy atom. The fraction of sp³-hybridized carbons (Fsp3) is 0.366. The average molecular weight is 1150 g/mol. The molecular weight excluding hydrogens is 1070 g/mol. The molecule has 6 unspecified atom stereocenters. The van der Waals surface area contributed by atoms with Crippen molar-refractivity contribution in [2.75, 3.05) is 0 Å². The molecule has 0 spiro atoms. The summed E-state index contributed by atoms with van der Waals surface area (Å²) in [6.45, 7) is 20.8. The van der Waals surface area contributed by atoms with Crippen molar-refractivity contribution in [3.8, 4) is 33.4 Å². The normalized spacial score (nSPS) is 24.4. The largest absolute Gasteiger partial charge is 0.511 e. The first kappa shape index (κ1) is 58.0. The SMILES string of the molecule is CCc1ccc(-c2ccc(Cl)cc2)cc1C1=C(O)C2(C)CCC(C1=O)C2(C)C.CCc1ccc(-c2ccc(Cl)cc2)cc1C1=C(O)C2CC(C1=O)C2(C)C.CCc1ccc(-c2ccc(Cl)cc2F)cc1C1=C(O)C2CC(C1=O)C2(C)C. The lowest BCUT2D eigenvalue weighted by molar-refractivity contribution is -0.135. The summed E-state index contributed by atoms with van der Waals surface area (Å²) in [6.07, 6.45) is 5.54. The molecule has 0 saturated heterocycles. The third-order valence-electron chi connectivity index (χ3n) is 20.3. The van der Waals surface area contributed by atoms with E-state index >= 15 is 0 Å². The standard InChI is InChI=1S/C25H27ClO2.C23H22ClFO2.C23H23ClO2/c1-5-15-6-7-17(16-8-10-18(26)11-9-16)14-19(15)21-22(27)20-12-13-25(4,23(21)28)24(20,2)3;1-4-12-5-6-13(15-8-7-14(24)10-19(15)25)9-16(12)20-21(26)17-11-18(22(20)27)23(17,2)3;1-4-13-5-6-15(14-7-9-16(24)10-8-14)11-17(13)20-21(25)18-12-19(22(20)26)23(18,2)3/h6-11,14,20,28H,5,12-13H2,1-4H3;5-10,17-18,26H,4,11H2,1-3H3;5-11,18-19,25H,4,12H2,1-3H3. The molecule has 6 atom stereocenters. The highest BCUT2D eigenvalue weighted by atomic mass is 35.5. The Morgan fingerprint density at radius 3 is 1.21 bits per heavy atom. The molecule has 6 aromatic rings. The van der Waals surface area contributed by atoms with Gasteiger partial charge in [-0.3, -0.25) is 14.4 Å². The summed E-state index contributed by atoms with van der Waals surface area (Å²) in [5.41, 5.74) is 11.5. The number of aliphatic hydroxyl groups is 3. The molecule has 10 heteroatoms. The molecule has 0 aromatic heterocycles. The van der Waals surface area contributed by atoms with Crippen LogP contribution in [0.1, 0.15) is 128 Å². The van der Waals surface area contributed by atoms with E-state index in [4.69, 9.17) is 34.8 Å². The van der Waals surface area contributed by atoms with E-state index in [9.17, 15) is 34.1 Å². The summed E-state index contributed by atoms with van der Waals surface area (Å²) in [4.78, 5) is 39.7. The first-order chi connectivity index (χ1) is 38.3. The maximum Gasteiger partial charge on any atom is 0.170 e. The summed E-state index contributed by atoms with van der Waals surface area (Å²) in [7, 11) is 0. The van der Waals surface area contributed by atoms with Gasteiger partial charge in [-0.2, -0.15) is 0 Å². The number of fused-ring (bicyclic) bond motifs is 4. The van der Waals surface area contributed by atoms with Crippen molar-refractivity contribution in [1.82, 2.24) is 0 Å². The van der Waals surface area contributed by atoms with Crippen LogP contribution in [0.4, 0.5) is 4.39 Å². The van der Waals surface area contributed by atoms with Crippen LogP contribution in [0.15, 0.2) is 139 Å². The number of halogens is 4. The maximum absolute atomic E-state index is 14.4. The molecule has 6 bridgehead atoms. The van der Waals surface area contributed by atoms with Crippen molar-refractivity contribution in [3.63, 3.8) is 0 Å². The number of hydrogen-bond donors (Lipinski definition) is 3. The lowest BCUT2D eigenvalue weighted by Crippen LogP contribution is -2.53. The molecule has 81 heavy (non-hydrogen) atoms. The minimum Gasteiger partial charge on any atom is -0.511 e. The zero-order chi connectivity index (χ0) is 58.4. The van der Waals surface area contributed by atoms with Gasteiger partial charge in [-0.05, 0) is 183 Å². The number of benzene rings is 6. The first-order valence-corrected chi connectivity index (χ1v) is 29.7. The van der Waals surface area contributed by atoms with Crippen LogP contribution in [0.2, 0.25) is 15.1 Å². The monoisotopic (exact) mass is 1140 g/mol. The third kappa shape index (κ3) is 9.61. The molecule has 0 aliphatic heterocycles. The molecule has 8 aliphatic rings. The van der Waals surface area contributed by atoms with Crippen molar-refractivity contribution in [2.24, 2.45) is 51.2 Å². The van der Waals surface area contributed by atoms with Gasteiger partial charge < -0.3 is 15.3 Å². The maximum atomic E-state index is 14.4. The Bertz CT molecular complexity index is 3660. The molecule has 3 fully saturated rings. The molecule has 0 heterocycles. The van der Waals surface area contributed by atoms with Crippen LogP contribution in [0.3, 0.4) is 0 Å². The van der Waals surface area contributed by atoms with Gasteiger partial charge in [-0.1, -0.05) is 165 Å². The fourth-order valence-corrected chi connectivity index (χ4v) is 14.7. The lowest BCUT2D eigenvalue weighted by atomic mass is 9.48. The Kier molecular flexibility index (Phi) is 15.4. The summed E-state index contributed by atoms with van der Waals surface area (Å²) in [5, 5.41) is 34.8. The number of rotatable bonds is 9. The van der Waals surface area contributed by atoms with Crippen LogP contribution in [0, 0.1) is 57.1 Å². The molecule has 14 rings (SSSR count). The Labute approximate surface area is 491 Å². The van der Waals surface area contributed by atoms with Crippen LogP contribution in [0.5, 0.6) is 0 Å². The van der Waals surface area contributed by atoms with E-state index in [2.05, 4.69) is 78.8 Å². The predicted molar refractivity (Wildman–Crippen MR) is 328 cm³/mol. The van der Waals surface area contributed by atoms with Crippen LogP contribution >= 0.6 is 34.8 Å². The number of aryl methyl sites for hydroxylation is 3. The van der Waals surface area contributed by atoms with Crippen molar-refractivity contribution in [3.05, 3.63) is 193 Å². The molecule has 0 amide bonds. The number of ketones is 3. The second kappa shape index (κ2) is 21.5. The Morgan fingerprint density at radius 1 is 0.444 bits per heavy atom. The van der Waals surface area contributed by atoms with E-state index in [1.165, 1.54) is 6.07 Å². The summed E-state index contributed by atoms with van der Waals surface area (Å²) >= 11 is 17.9. The zero-order valence-corrected chi connectivity index (χ0v) is 50.2. The van der Waals surface area contributed by atoms with E-state index in [0.29, 0.717) is 49.3 Å². The lowest BCUT2D eigenvalue weighted by Gasteiger charge is -2.54. The Hall–Kier alpha value is -6.25. The van der Waals surface area contributed by atoms with Gasteiger partial charge in [-0.15, -0.1) is 0 Å². The molecule has 6 aromatic carbocycles. The highest BCUT2D eigenvalue weighted by molar-refractivity contribution is 6.31. The van der Waals surface area contributed by atoms with Gasteiger partial charge in [0.25, 0.3) is 0 Å². The second-order valence-electron chi connectivity index (χ2n) is 25.1. The van der Waals surface area contributed by atoms with Gasteiger partial charge in [0.15, 0.2) is 17.3 Å². The van der Waals surface area contributed by atoms with Gasteiger partial charge >= 0.3 is 0 Å². The number of carbonyl (C=O) groups excluding carboxylic acids is 3. The van der Waals surface area contributed by atoms with Gasteiger partial charge in [0.1, 0.15) is 23.1 Å². The molecule has 3 N–H and O–H groups in total. The highest BCUT2D eigenvalue weighted by Crippen LogP contribution is 2.65. The van der Waals surface area contributed by atoms with Gasteiger partial charge in [0.2, 0.25) is 0 Å². The third-order valence-corrected chi connectivity index (χ3v) is 21.0. The smallest absolute Gasteiger partial charge is 0.170 e. The zero-order valence-electron chi connectivity index (χ0n) is 48.0. The van der Waals surface area contributed by atoms with Crippen molar-refractivity contribution in [2.45, 2.75) is 114 Å². The van der Waals surface area contributed by atoms with Gasteiger partial charge in [0, 0.05) is 55.6 Å². The van der Waals surface area contributed by atoms with Crippen LogP contribution in [0.25, 0.3) is 50.1 Å². The molecule has 3 saturated carbocycles. The van der Waals surface area contributed by atoms with Crippen LogP contribution in [-0.4, -0.2) is 32.7 Å². The molecule has 8 aliphatic carbocycles. The van der Waals surface area contributed by atoms with E-state index in [0.717, 1.165) is 94.2 Å². The van der Waals surface area contributed by atoms with Crippen LogP contribution in [-0.2, 0) is 33.6 Å². The predicted octanol–water partition coefficient (Wildman–Crippen LogP) is 19.2. The van der Waals surface area contributed by atoms with Crippen molar-refractivity contribution in [1.29, 1.82) is 0 Å². The van der Waals surface area contributed by atoms with Gasteiger partial charge in [0.05, 0.1) is 16.7 Å². The van der Waals surface area contributed by atoms with Crippen LogP contribution < -0.4 is 0 Å². The molecule has 6 nitrogen and oxygen atoms in total. The minimum absolute atomic E-state index is 0.00317. The summed E-state index contributed by atoms with van der Waals surface area (Å²) in [5.74, 6) is 0.556. The van der Waals surface area contributed by atoms with E-state index in [-0.39, 0.29) is 85.9 Å². The highest BCUT2D eigenvalue weighted by Gasteiger charge is 2.62. The number of Topliss-reactive ketones (excluding diaryl/α,β-unsaturated/α-hetero) is 3. The number of hydrogen-bond acceptors (Lipinski definition) is 6. The second-order valence-corrected chi connectivity index (χ2v) is 26.4. The minimum atomic E-state index is -0.408. The number of aliphatic hydroxyl groups excluding tert-OH is 3. The summed E-state index contributed by atoms with van der Waals surface area (Å²) in [6, 6.07) is 38.0. The van der Waals surface area contributed by atoms with E-state index < -0.39 is 5.82 Å². The topological polar surface area (TPSA) is 112 Å². The number of carbonyl (C=O) groups is 3. The van der Waals surface area contributed by atoms with E-state index in [1.54, 1.807) is 12.1 Å². The molecular formula is C71H72Cl3FO6. The first-order valence-electron chi connectivity index (χ1n) is 28.6. The fourth-order valence-electron chi connectivity index (χ4n) is 14.3. The van der Waals surface area contributed by atoms with Crippen molar-refractivity contribution >= 4 is 68.9 Å². The number of allylic oxidation sites excluding steroid dienone is 6. The quantitative estimate of drug-likeness (QED) is 0.133. The Balaban J connectivity index is 0.000000136. The molecule has 420 valence electrons. The van der Waals surface area contributed by atoms with Gasteiger partial charge in [-0.25, -0.2) is 4.39 Å². The van der Waals surface area contributed by atoms with Crippen molar-refractivity contribution < 1.29 is 34.1 Å². The average Bonchev–Trinajstić information content (AvgIpc) is 3.93. The molecule has 0 radical (unpaired) electrons. The van der Waals surface area contributed by atoms with E-state index in [1.807, 2.05) is 93.6 Å².